The third kappa shape index (κ3) is 3.48. The zero-order chi connectivity index (χ0) is 17.1. The zero-order valence-corrected chi connectivity index (χ0v) is 13.9. The van der Waals surface area contributed by atoms with E-state index in [9.17, 15) is 9.18 Å². The summed E-state index contributed by atoms with van der Waals surface area (Å²) in [4.78, 5) is 15.4. The van der Waals surface area contributed by atoms with Crippen molar-refractivity contribution in [1.29, 1.82) is 0 Å². The molecule has 0 bridgehead atoms. The summed E-state index contributed by atoms with van der Waals surface area (Å²) in [5.41, 5.74) is 3.85. The van der Waals surface area contributed by atoms with Crippen LogP contribution in [0.4, 0.5) is 4.39 Å². The highest BCUT2D eigenvalue weighted by atomic mass is 19.1. The highest BCUT2D eigenvalue weighted by Crippen LogP contribution is 2.31. The number of carbonyl (C=O) groups excluding carboxylic acids is 1. The van der Waals surface area contributed by atoms with E-state index in [1.165, 1.54) is 12.1 Å². The minimum absolute atomic E-state index is 0.00904. The van der Waals surface area contributed by atoms with E-state index in [-0.39, 0.29) is 17.8 Å². The van der Waals surface area contributed by atoms with Crippen molar-refractivity contribution >= 4 is 16.8 Å². The van der Waals surface area contributed by atoms with Gasteiger partial charge in [0.1, 0.15) is 5.82 Å². The van der Waals surface area contributed by atoms with Crippen LogP contribution in [0.25, 0.3) is 22.2 Å². The van der Waals surface area contributed by atoms with Gasteiger partial charge in [0, 0.05) is 29.1 Å². The van der Waals surface area contributed by atoms with Crippen LogP contribution in [0.2, 0.25) is 0 Å². The Labute approximate surface area is 140 Å². The van der Waals surface area contributed by atoms with E-state index < -0.39 is 0 Å². The normalized spacial score (nSPS) is 11.2. The van der Waals surface area contributed by atoms with Gasteiger partial charge in [-0.1, -0.05) is 30.3 Å². The van der Waals surface area contributed by atoms with E-state index in [1.54, 1.807) is 6.07 Å². The molecule has 124 valence electrons. The summed E-state index contributed by atoms with van der Waals surface area (Å²) >= 11 is 0. The predicted molar refractivity (Wildman–Crippen MR) is 95.3 cm³/mol. The molecule has 3 aromatic rings. The van der Waals surface area contributed by atoms with Crippen LogP contribution < -0.4 is 5.32 Å². The van der Waals surface area contributed by atoms with Gasteiger partial charge in [0.05, 0.1) is 0 Å². The maximum absolute atomic E-state index is 13.7. The van der Waals surface area contributed by atoms with Gasteiger partial charge < -0.3 is 10.3 Å². The van der Waals surface area contributed by atoms with Crippen LogP contribution in [0.3, 0.4) is 0 Å². The first-order valence-corrected chi connectivity index (χ1v) is 8.19. The molecule has 0 atom stereocenters. The first-order valence-electron chi connectivity index (χ1n) is 8.19. The number of benzene rings is 2. The van der Waals surface area contributed by atoms with Gasteiger partial charge in [-0.05, 0) is 49.6 Å². The molecule has 3 rings (SSSR count). The van der Waals surface area contributed by atoms with Gasteiger partial charge in [-0.15, -0.1) is 0 Å². The number of carbonyl (C=O) groups is 1. The van der Waals surface area contributed by atoms with Crippen molar-refractivity contribution in [1.82, 2.24) is 10.3 Å². The molecule has 0 aliphatic heterocycles. The van der Waals surface area contributed by atoms with Crippen molar-refractivity contribution in [3.8, 4) is 11.3 Å². The molecule has 0 spiro atoms. The third-order valence-electron chi connectivity index (χ3n) is 3.98. The van der Waals surface area contributed by atoms with Gasteiger partial charge >= 0.3 is 0 Å². The van der Waals surface area contributed by atoms with Gasteiger partial charge in [0.15, 0.2) is 0 Å². The molecule has 0 radical (unpaired) electrons. The summed E-state index contributed by atoms with van der Waals surface area (Å²) in [5.74, 6) is -0.260. The van der Waals surface area contributed by atoms with E-state index in [0.29, 0.717) is 12.8 Å². The summed E-state index contributed by atoms with van der Waals surface area (Å²) in [7, 11) is 0. The number of aryl methyl sites for hydroxylation is 1. The van der Waals surface area contributed by atoms with Crippen LogP contribution >= 0.6 is 0 Å². The molecule has 2 N–H and O–H groups in total. The van der Waals surface area contributed by atoms with E-state index >= 15 is 0 Å². The minimum Gasteiger partial charge on any atom is -0.354 e. The molecule has 0 aliphatic rings. The number of H-pyrrole nitrogens is 1. The second kappa shape index (κ2) is 6.87. The molecule has 24 heavy (non-hydrogen) atoms. The second-order valence-corrected chi connectivity index (χ2v) is 6.26. The molecule has 1 aromatic heterocycles. The van der Waals surface area contributed by atoms with Crippen molar-refractivity contribution in [2.24, 2.45) is 0 Å². The minimum atomic E-state index is -0.269. The lowest BCUT2D eigenvalue weighted by molar-refractivity contribution is -0.121. The Morgan fingerprint density at radius 1 is 1.17 bits per heavy atom. The van der Waals surface area contributed by atoms with Gasteiger partial charge in [-0.25, -0.2) is 4.39 Å². The largest absolute Gasteiger partial charge is 0.354 e. The SMILES string of the molecule is CC(C)NC(=O)CCc1c(-c2ccccc2)[nH]c2ccc(F)cc12. The van der Waals surface area contributed by atoms with Crippen LogP contribution in [-0.2, 0) is 11.2 Å². The molecule has 0 fully saturated rings. The fourth-order valence-electron chi connectivity index (χ4n) is 2.96. The highest BCUT2D eigenvalue weighted by Gasteiger charge is 2.15. The highest BCUT2D eigenvalue weighted by molar-refractivity contribution is 5.91. The standard InChI is InChI=1S/C20H21FN2O/c1-13(2)22-19(24)11-9-16-17-12-15(21)8-10-18(17)23-20(16)14-6-4-3-5-7-14/h3-8,10,12-13,23H,9,11H2,1-2H3,(H,22,24). The first-order chi connectivity index (χ1) is 11.5. The van der Waals surface area contributed by atoms with E-state index in [1.807, 2.05) is 44.2 Å². The molecule has 4 heteroatoms. The van der Waals surface area contributed by atoms with Crippen molar-refractivity contribution in [3.63, 3.8) is 0 Å². The second-order valence-electron chi connectivity index (χ2n) is 6.26. The number of aromatic nitrogens is 1. The fourth-order valence-corrected chi connectivity index (χ4v) is 2.96. The maximum Gasteiger partial charge on any atom is 0.220 e. The van der Waals surface area contributed by atoms with Crippen LogP contribution in [0.15, 0.2) is 48.5 Å². The van der Waals surface area contributed by atoms with Crippen molar-refractivity contribution < 1.29 is 9.18 Å². The molecule has 0 saturated heterocycles. The van der Waals surface area contributed by atoms with Crippen LogP contribution in [-0.4, -0.2) is 16.9 Å². The lowest BCUT2D eigenvalue weighted by Crippen LogP contribution is -2.30. The molecule has 1 amide bonds. The Hall–Kier alpha value is -2.62. The molecule has 1 heterocycles. The fraction of sp³-hybridized carbons (Fsp3) is 0.250. The average molecular weight is 324 g/mol. The maximum atomic E-state index is 13.7. The lowest BCUT2D eigenvalue weighted by Gasteiger charge is -2.09. The molecule has 0 saturated carbocycles. The molecular weight excluding hydrogens is 303 g/mol. The van der Waals surface area contributed by atoms with Gasteiger partial charge in [-0.3, -0.25) is 4.79 Å². The first kappa shape index (κ1) is 16.2. The summed E-state index contributed by atoms with van der Waals surface area (Å²) in [6.07, 6.45) is 0.938. The Morgan fingerprint density at radius 3 is 2.62 bits per heavy atom. The molecule has 0 aliphatic carbocycles. The Kier molecular flexibility index (Phi) is 4.65. The number of rotatable bonds is 5. The average Bonchev–Trinajstić information content (AvgIpc) is 2.91. The number of nitrogens with one attached hydrogen (secondary N) is 2. The summed E-state index contributed by atoms with van der Waals surface area (Å²) in [6.45, 7) is 3.88. The number of hydrogen-bond donors (Lipinski definition) is 2. The number of aromatic amines is 1. The van der Waals surface area contributed by atoms with Crippen LogP contribution in [0.5, 0.6) is 0 Å². The molecular formula is C20H21FN2O. The summed E-state index contributed by atoms with van der Waals surface area (Å²) in [6, 6.07) is 14.8. The Morgan fingerprint density at radius 2 is 1.92 bits per heavy atom. The van der Waals surface area contributed by atoms with Crippen LogP contribution in [0.1, 0.15) is 25.8 Å². The number of fused-ring (bicyclic) bond motifs is 1. The van der Waals surface area contributed by atoms with E-state index in [2.05, 4.69) is 10.3 Å². The number of hydrogen-bond acceptors (Lipinski definition) is 1. The zero-order valence-electron chi connectivity index (χ0n) is 13.9. The monoisotopic (exact) mass is 324 g/mol. The van der Waals surface area contributed by atoms with Crippen molar-refractivity contribution in [2.75, 3.05) is 0 Å². The van der Waals surface area contributed by atoms with Crippen LogP contribution in [0, 0.1) is 5.82 Å². The van der Waals surface area contributed by atoms with Gasteiger partial charge in [0.2, 0.25) is 5.91 Å². The quantitative estimate of drug-likeness (QED) is 0.716. The summed E-state index contributed by atoms with van der Waals surface area (Å²) in [5, 5.41) is 3.74. The summed E-state index contributed by atoms with van der Waals surface area (Å²) < 4.78 is 13.7. The van der Waals surface area contributed by atoms with E-state index in [4.69, 9.17) is 0 Å². The molecule has 2 aromatic carbocycles. The van der Waals surface area contributed by atoms with Gasteiger partial charge in [0.25, 0.3) is 0 Å². The number of halogens is 1. The lowest BCUT2D eigenvalue weighted by atomic mass is 10.0. The molecule has 0 unspecified atom stereocenters. The smallest absolute Gasteiger partial charge is 0.220 e. The van der Waals surface area contributed by atoms with Crippen molar-refractivity contribution in [2.45, 2.75) is 32.7 Å². The number of amides is 1. The predicted octanol–water partition coefficient (Wildman–Crippen LogP) is 4.43. The Bertz CT molecular complexity index is 853. The Balaban J connectivity index is 1.99. The topological polar surface area (TPSA) is 44.9 Å². The third-order valence-corrected chi connectivity index (χ3v) is 3.98. The van der Waals surface area contributed by atoms with Crippen molar-refractivity contribution in [3.05, 3.63) is 59.9 Å². The van der Waals surface area contributed by atoms with E-state index in [0.717, 1.165) is 27.7 Å². The van der Waals surface area contributed by atoms with Gasteiger partial charge in [-0.2, -0.15) is 0 Å². The molecule has 3 nitrogen and oxygen atoms in total.